The summed E-state index contributed by atoms with van der Waals surface area (Å²) in [7, 11) is 0. The number of fused-ring (bicyclic) bond motifs is 1. The second-order valence-corrected chi connectivity index (χ2v) is 6.39. The average Bonchev–Trinajstić information content (AvgIpc) is 3.15. The molecule has 4 aromatic rings. The molecular formula is C22H16FN5O2. The molecule has 2 aromatic carbocycles. The predicted molar refractivity (Wildman–Crippen MR) is 109 cm³/mol. The van der Waals surface area contributed by atoms with Gasteiger partial charge in [-0.15, -0.1) is 5.10 Å². The molecule has 0 amide bonds. The molecule has 4 rings (SSSR count). The maximum absolute atomic E-state index is 14.1. The van der Waals surface area contributed by atoms with Crippen LogP contribution < -0.4 is 5.32 Å². The number of nitrogens with one attached hydrogen (secondary N) is 1. The van der Waals surface area contributed by atoms with Gasteiger partial charge in [0.25, 0.3) is 0 Å². The SMILES string of the molecule is CCOC(=O)c1cc(F)cc(-c2ccc3nc(Nc4ccccc4C#N)nn3c2)c1. The second kappa shape index (κ2) is 8.01. The highest BCUT2D eigenvalue weighted by Crippen LogP contribution is 2.24. The summed E-state index contributed by atoms with van der Waals surface area (Å²) in [5.41, 5.74) is 2.95. The number of hydrogen-bond donors (Lipinski definition) is 1. The first-order valence-electron chi connectivity index (χ1n) is 9.18. The molecule has 0 bridgehead atoms. The summed E-state index contributed by atoms with van der Waals surface area (Å²) < 4.78 is 20.6. The molecule has 2 aromatic heterocycles. The number of ether oxygens (including phenoxy) is 1. The second-order valence-electron chi connectivity index (χ2n) is 6.39. The van der Waals surface area contributed by atoms with E-state index in [1.165, 1.54) is 6.07 Å². The van der Waals surface area contributed by atoms with Gasteiger partial charge in [-0.2, -0.15) is 10.2 Å². The number of carbonyl (C=O) groups excluding carboxylic acids is 1. The number of halogens is 1. The van der Waals surface area contributed by atoms with Gasteiger partial charge in [0.2, 0.25) is 5.95 Å². The molecular weight excluding hydrogens is 385 g/mol. The van der Waals surface area contributed by atoms with Gasteiger partial charge < -0.3 is 10.1 Å². The van der Waals surface area contributed by atoms with Gasteiger partial charge in [0.1, 0.15) is 11.9 Å². The number of nitriles is 1. The number of nitrogens with zero attached hydrogens (tertiary/aromatic N) is 4. The zero-order valence-corrected chi connectivity index (χ0v) is 16.0. The molecule has 0 saturated heterocycles. The van der Waals surface area contributed by atoms with Crippen LogP contribution in [0.5, 0.6) is 0 Å². The lowest BCUT2D eigenvalue weighted by Gasteiger charge is -2.06. The van der Waals surface area contributed by atoms with Crippen LogP contribution in [0, 0.1) is 17.1 Å². The van der Waals surface area contributed by atoms with E-state index < -0.39 is 11.8 Å². The molecule has 30 heavy (non-hydrogen) atoms. The molecule has 0 radical (unpaired) electrons. The maximum atomic E-state index is 14.1. The lowest BCUT2D eigenvalue weighted by Crippen LogP contribution is -2.05. The zero-order valence-electron chi connectivity index (χ0n) is 16.0. The monoisotopic (exact) mass is 401 g/mol. The molecule has 0 aliphatic heterocycles. The van der Waals surface area contributed by atoms with E-state index in [2.05, 4.69) is 21.5 Å². The van der Waals surface area contributed by atoms with Crippen molar-refractivity contribution in [3.05, 3.63) is 77.7 Å². The van der Waals surface area contributed by atoms with Gasteiger partial charge in [0.05, 0.1) is 23.4 Å². The van der Waals surface area contributed by atoms with Crippen molar-refractivity contribution < 1.29 is 13.9 Å². The van der Waals surface area contributed by atoms with Crippen molar-refractivity contribution in [2.75, 3.05) is 11.9 Å². The number of para-hydroxylation sites is 1. The summed E-state index contributed by atoms with van der Waals surface area (Å²) in [6.45, 7) is 1.90. The van der Waals surface area contributed by atoms with Crippen LogP contribution >= 0.6 is 0 Å². The van der Waals surface area contributed by atoms with Crippen molar-refractivity contribution in [3.8, 4) is 17.2 Å². The molecule has 0 aliphatic rings. The number of hydrogen-bond acceptors (Lipinski definition) is 6. The molecule has 0 spiro atoms. The van der Waals surface area contributed by atoms with Crippen LogP contribution in [0.2, 0.25) is 0 Å². The standard InChI is InChI=1S/C22H16FN5O2/c1-2-30-21(29)17-9-16(10-18(23)11-17)15-7-8-20-26-22(27-28(20)13-15)25-19-6-4-3-5-14(19)12-24/h3-11,13H,2H2,1H3,(H,25,27). The van der Waals surface area contributed by atoms with E-state index >= 15 is 0 Å². The molecule has 148 valence electrons. The van der Waals surface area contributed by atoms with Gasteiger partial charge in [-0.1, -0.05) is 12.1 Å². The number of aromatic nitrogens is 3. The molecule has 0 saturated carbocycles. The van der Waals surface area contributed by atoms with Gasteiger partial charge in [0, 0.05) is 11.8 Å². The van der Waals surface area contributed by atoms with Crippen LogP contribution in [0.15, 0.2) is 60.8 Å². The molecule has 2 heterocycles. The summed E-state index contributed by atoms with van der Waals surface area (Å²) >= 11 is 0. The fourth-order valence-corrected chi connectivity index (χ4v) is 3.01. The Labute approximate surface area is 171 Å². The number of esters is 1. The largest absolute Gasteiger partial charge is 0.462 e. The molecule has 0 fully saturated rings. The molecule has 0 aliphatic carbocycles. The van der Waals surface area contributed by atoms with Crippen molar-refractivity contribution in [2.24, 2.45) is 0 Å². The topological polar surface area (TPSA) is 92.3 Å². The molecule has 8 heteroatoms. The minimum atomic E-state index is -0.581. The fourth-order valence-electron chi connectivity index (χ4n) is 3.01. The summed E-state index contributed by atoms with van der Waals surface area (Å²) in [5, 5.41) is 16.6. The highest BCUT2D eigenvalue weighted by Gasteiger charge is 2.12. The Morgan fingerprint density at radius 2 is 2.03 bits per heavy atom. The maximum Gasteiger partial charge on any atom is 0.338 e. The van der Waals surface area contributed by atoms with E-state index in [1.54, 1.807) is 54.0 Å². The van der Waals surface area contributed by atoms with E-state index in [0.717, 1.165) is 6.07 Å². The third-order valence-corrected chi connectivity index (χ3v) is 4.37. The summed E-state index contributed by atoms with van der Waals surface area (Å²) in [6.07, 6.45) is 1.69. The first kappa shape index (κ1) is 19.1. The van der Waals surface area contributed by atoms with Crippen LogP contribution in [-0.4, -0.2) is 27.2 Å². The van der Waals surface area contributed by atoms with Gasteiger partial charge >= 0.3 is 5.97 Å². The molecule has 0 unspecified atom stereocenters. The summed E-state index contributed by atoms with van der Waals surface area (Å²) in [4.78, 5) is 16.4. The van der Waals surface area contributed by atoms with Crippen molar-refractivity contribution in [1.29, 1.82) is 5.26 Å². The Balaban J connectivity index is 1.68. The van der Waals surface area contributed by atoms with E-state index in [4.69, 9.17) is 4.74 Å². The Morgan fingerprint density at radius 3 is 2.83 bits per heavy atom. The van der Waals surface area contributed by atoms with E-state index in [-0.39, 0.29) is 12.2 Å². The van der Waals surface area contributed by atoms with Crippen molar-refractivity contribution in [2.45, 2.75) is 6.92 Å². The van der Waals surface area contributed by atoms with Gasteiger partial charge in [-0.25, -0.2) is 13.7 Å². The normalized spacial score (nSPS) is 10.6. The van der Waals surface area contributed by atoms with Crippen molar-refractivity contribution in [3.63, 3.8) is 0 Å². The third kappa shape index (κ3) is 3.82. The number of anilines is 2. The van der Waals surface area contributed by atoms with E-state index in [1.807, 2.05) is 6.07 Å². The lowest BCUT2D eigenvalue weighted by molar-refractivity contribution is 0.0526. The van der Waals surface area contributed by atoms with Gasteiger partial charge in [0.15, 0.2) is 5.65 Å². The fraction of sp³-hybridized carbons (Fsp3) is 0.0909. The lowest BCUT2D eigenvalue weighted by atomic mass is 10.0. The highest BCUT2D eigenvalue weighted by atomic mass is 19.1. The molecule has 7 nitrogen and oxygen atoms in total. The first-order chi connectivity index (χ1) is 14.6. The average molecular weight is 401 g/mol. The van der Waals surface area contributed by atoms with Crippen LogP contribution in [0.4, 0.5) is 16.0 Å². The minimum absolute atomic E-state index is 0.140. The third-order valence-electron chi connectivity index (χ3n) is 4.37. The summed E-state index contributed by atoms with van der Waals surface area (Å²) in [5.74, 6) is -0.797. The Hall–Kier alpha value is -4.25. The van der Waals surface area contributed by atoms with Crippen LogP contribution in [0.25, 0.3) is 16.8 Å². The predicted octanol–water partition coefficient (Wildman–Crippen LogP) is 4.33. The zero-order chi connectivity index (χ0) is 21.1. The van der Waals surface area contributed by atoms with Crippen LogP contribution in [-0.2, 0) is 4.74 Å². The quantitative estimate of drug-likeness (QED) is 0.501. The number of benzene rings is 2. The highest BCUT2D eigenvalue weighted by molar-refractivity contribution is 5.91. The van der Waals surface area contributed by atoms with Gasteiger partial charge in [-0.05, 0) is 55.0 Å². The molecule has 0 atom stereocenters. The van der Waals surface area contributed by atoms with Crippen molar-refractivity contribution >= 4 is 23.3 Å². The Morgan fingerprint density at radius 1 is 1.20 bits per heavy atom. The minimum Gasteiger partial charge on any atom is -0.462 e. The number of rotatable bonds is 5. The van der Waals surface area contributed by atoms with Crippen molar-refractivity contribution in [1.82, 2.24) is 14.6 Å². The van der Waals surface area contributed by atoms with Gasteiger partial charge in [-0.3, -0.25) is 0 Å². The number of carbonyl (C=O) groups is 1. The van der Waals surface area contributed by atoms with Crippen LogP contribution in [0.3, 0.4) is 0 Å². The van der Waals surface area contributed by atoms with E-state index in [9.17, 15) is 14.4 Å². The Kier molecular flexibility index (Phi) is 5.09. The first-order valence-corrected chi connectivity index (χ1v) is 9.18. The number of pyridine rings is 1. The molecule has 1 N–H and O–H groups in total. The smallest absolute Gasteiger partial charge is 0.338 e. The summed E-state index contributed by atoms with van der Waals surface area (Å²) in [6, 6.07) is 16.7. The van der Waals surface area contributed by atoms with Crippen LogP contribution in [0.1, 0.15) is 22.8 Å². The van der Waals surface area contributed by atoms with E-state index in [0.29, 0.717) is 34.0 Å². The Bertz CT molecular complexity index is 1290.